The largest absolute Gasteiger partial charge is 1.00 e. The van der Waals surface area contributed by atoms with Gasteiger partial charge >= 0.3 is 58.4 Å². The second-order valence-electron chi connectivity index (χ2n) is 3.70. The van der Waals surface area contributed by atoms with Gasteiger partial charge in [-0.1, -0.05) is 17.7 Å². The molecule has 0 fully saturated rings. The van der Waals surface area contributed by atoms with Crippen LogP contribution in [0.25, 0.3) is 0 Å². The van der Waals surface area contributed by atoms with Crippen molar-refractivity contribution in [2.45, 2.75) is 13.3 Å². The average molecular weight is 268 g/mol. The Morgan fingerprint density at radius 3 is 2.53 bits per heavy atom. The standard InChI is InChI=1S/C11H13BF3O.K/c1-9(2)6-7-16-11-5-3-4-10(8-11)12(13,14)15;/h3-5,8H,1,6-7H2,2H3;/q-1;+1. The summed E-state index contributed by atoms with van der Waals surface area (Å²) in [4.78, 5) is 0. The van der Waals surface area contributed by atoms with Gasteiger partial charge in [0.1, 0.15) is 5.75 Å². The van der Waals surface area contributed by atoms with Crippen molar-refractivity contribution < 1.29 is 69.1 Å². The SMILES string of the molecule is C=C(C)CCOc1cccc([B-](F)(F)F)c1.[K+]. The van der Waals surface area contributed by atoms with E-state index in [1.54, 1.807) is 0 Å². The van der Waals surface area contributed by atoms with Crippen LogP contribution in [0.1, 0.15) is 13.3 Å². The normalized spacial score (nSPS) is 10.6. The van der Waals surface area contributed by atoms with E-state index in [9.17, 15) is 12.9 Å². The van der Waals surface area contributed by atoms with Crippen molar-refractivity contribution in [1.29, 1.82) is 0 Å². The third-order valence-corrected chi connectivity index (χ3v) is 2.03. The predicted octanol–water partition coefficient (Wildman–Crippen LogP) is 0.0900. The van der Waals surface area contributed by atoms with Gasteiger partial charge in [-0.3, -0.25) is 0 Å². The first-order valence-electron chi connectivity index (χ1n) is 4.96. The number of rotatable bonds is 5. The van der Waals surface area contributed by atoms with Gasteiger partial charge in [0.25, 0.3) is 0 Å². The van der Waals surface area contributed by atoms with E-state index in [1.165, 1.54) is 12.1 Å². The van der Waals surface area contributed by atoms with Crippen molar-refractivity contribution in [3.63, 3.8) is 0 Å². The van der Waals surface area contributed by atoms with E-state index < -0.39 is 12.4 Å². The first-order chi connectivity index (χ1) is 7.39. The molecule has 0 saturated heterocycles. The van der Waals surface area contributed by atoms with Crippen LogP contribution in [0.4, 0.5) is 12.9 Å². The molecule has 1 rings (SSSR count). The maximum atomic E-state index is 12.4. The zero-order valence-electron chi connectivity index (χ0n) is 10.1. The summed E-state index contributed by atoms with van der Waals surface area (Å²) in [5, 5.41) is 0. The zero-order valence-corrected chi connectivity index (χ0v) is 13.2. The van der Waals surface area contributed by atoms with E-state index in [2.05, 4.69) is 6.58 Å². The smallest absolute Gasteiger partial charge is 0.493 e. The molecule has 0 unspecified atom stereocenters. The molecule has 88 valence electrons. The van der Waals surface area contributed by atoms with Crippen molar-refractivity contribution in [3.8, 4) is 5.75 Å². The predicted molar refractivity (Wildman–Crippen MR) is 60.1 cm³/mol. The Kier molecular flexibility index (Phi) is 7.75. The van der Waals surface area contributed by atoms with E-state index in [-0.39, 0.29) is 57.1 Å². The summed E-state index contributed by atoms with van der Waals surface area (Å²) in [6.07, 6.45) is 0.640. The van der Waals surface area contributed by atoms with Crippen LogP contribution in [0.2, 0.25) is 0 Å². The van der Waals surface area contributed by atoms with Crippen molar-refractivity contribution in [3.05, 3.63) is 36.4 Å². The Hall–Kier alpha value is 0.251. The first-order valence-corrected chi connectivity index (χ1v) is 4.96. The molecule has 0 aliphatic heterocycles. The molecule has 0 atom stereocenters. The van der Waals surface area contributed by atoms with Crippen LogP contribution in [0.3, 0.4) is 0 Å². The van der Waals surface area contributed by atoms with Crippen molar-refractivity contribution in [1.82, 2.24) is 0 Å². The molecule has 0 bridgehead atoms. The van der Waals surface area contributed by atoms with E-state index >= 15 is 0 Å². The third-order valence-electron chi connectivity index (χ3n) is 2.03. The fraction of sp³-hybridized carbons (Fsp3) is 0.273. The maximum absolute atomic E-state index is 12.4. The molecule has 1 aromatic carbocycles. The number of benzene rings is 1. The van der Waals surface area contributed by atoms with Gasteiger partial charge in [0.15, 0.2) is 0 Å². The van der Waals surface area contributed by atoms with Crippen molar-refractivity contribution in [2.75, 3.05) is 6.61 Å². The Morgan fingerprint density at radius 2 is 2.00 bits per heavy atom. The third kappa shape index (κ3) is 6.67. The summed E-state index contributed by atoms with van der Waals surface area (Å²) in [6.45, 7) is 0.928. The van der Waals surface area contributed by atoms with E-state index in [0.717, 1.165) is 17.7 Å². The minimum absolute atomic E-state index is 0. The molecule has 0 heterocycles. The van der Waals surface area contributed by atoms with E-state index in [4.69, 9.17) is 4.74 Å². The molecule has 0 spiro atoms. The van der Waals surface area contributed by atoms with Gasteiger partial charge in [0.2, 0.25) is 0 Å². The summed E-state index contributed by atoms with van der Waals surface area (Å²) in [5.74, 6) is 0.248. The molecular formula is C11H13BF3KO. The summed E-state index contributed by atoms with van der Waals surface area (Å²) < 4.78 is 42.4. The second-order valence-corrected chi connectivity index (χ2v) is 3.70. The number of halogens is 3. The minimum atomic E-state index is -4.95. The molecule has 0 aromatic heterocycles. The first kappa shape index (κ1) is 17.3. The summed E-state index contributed by atoms with van der Waals surface area (Å²) in [6, 6.07) is 4.94. The van der Waals surface area contributed by atoms with Crippen LogP contribution in [0.15, 0.2) is 36.4 Å². The van der Waals surface area contributed by atoms with Gasteiger partial charge in [-0.2, -0.15) is 0 Å². The molecule has 1 nitrogen and oxygen atoms in total. The van der Waals surface area contributed by atoms with Crippen molar-refractivity contribution >= 4 is 12.4 Å². The molecule has 0 amide bonds. The monoisotopic (exact) mass is 268 g/mol. The van der Waals surface area contributed by atoms with Crippen molar-refractivity contribution in [2.24, 2.45) is 0 Å². The van der Waals surface area contributed by atoms with Crippen LogP contribution in [-0.2, 0) is 0 Å². The summed E-state index contributed by atoms with van der Waals surface area (Å²) in [5.41, 5.74) is 0.309. The molecule has 0 radical (unpaired) electrons. The molecule has 0 saturated carbocycles. The fourth-order valence-corrected chi connectivity index (χ4v) is 1.15. The molecule has 0 N–H and O–H groups in total. The van der Waals surface area contributed by atoms with E-state index in [0.29, 0.717) is 13.0 Å². The Morgan fingerprint density at radius 1 is 1.35 bits per heavy atom. The molecule has 17 heavy (non-hydrogen) atoms. The molecule has 0 aliphatic rings. The molecule has 0 aliphatic carbocycles. The summed E-state index contributed by atoms with van der Waals surface area (Å²) in [7, 11) is 0. The van der Waals surface area contributed by atoms with E-state index in [1.807, 2.05) is 6.92 Å². The quantitative estimate of drug-likeness (QED) is 0.543. The topological polar surface area (TPSA) is 9.23 Å². The Labute approximate surface area is 142 Å². The van der Waals surface area contributed by atoms with Gasteiger partial charge in [0, 0.05) is 6.42 Å². The Balaban J connectivity index is 0.00000256. The molecular weight excluding hydrogens is 255 g/mol. The molecule has 1 aromatic rings. The minimum Gasteiger partial charge on any atom is -0.493 e. The van der Waals surface area contributed by atoms with Crippen LogP contribution in [-0.4, -0.2) is 13.6 Å². The van der Waals surface area contributed by atoms with Crippen LogP contribution >= 0.6 is 0 Å². The molecule has 6 heteroatoms. The van der Waals surface area contributed by atoms with Crippen LogP contribution < -0.4 is 61.6 Å². The average Bonchev–Trinajstić information content (AvgIpc) is 2.16. The van der Waals surface area contributed by atoms with Gasteiger partial charge in [-0.05, 0) is 19.1 Å². The number of hydrogen-bond donors (Lipinski definition) is 0. The van der Waals surface area contributed by atoms with Gasteiger partial charge in [-0.15, -0.1) is 12.0 Å². The number of ether oxygens (including phenoxy) is 1. The van der Waals surface area contributed by atoms with Gasteiger partial charge < -0.3 is 17.7 Å². The van der Waals surface area contributed by atoms with Crippen LogP contribution in [0, 0.1) is 0 Å². The zero-order chi connectivity index (χ0) is 12.2. The van der Waals surface area contributed by atoms with Crippen LogP contribution in [0.5, 0.6) is 5.75 Å². The maximum Gasteiger partial charge on any atom is 1.00 e. The second kappa shape index (κ2) is 7.63. The van der Waals surface area contributed by atoms with Gasteiger partial charge in [-0.25, -0.2) is 0 Å². The van der Waals surface area contributed by atoms with Gasteiger partial charge in [0.05, 0.1) is 6.61 Å². The fourth-order valence-electron chi connectivity index (χ4n) is 1.15. The number of hydrogen-bond acceptors (Lipinski definition) is 1. The summed E-state index contributed by atoms with van der Waals surface area (Å²) >= 11 is 0. The Bertz CT molecular complexity index is 379.